The second-order valence-corrected chi connectivity index (χ2v) is 9.15. The largest absolute Gasteiger partial charge is 0.493 e. The molecule has 0 atom stereocenters. The van der Waals surface area contributed by atoms with Gasteiger partial charge in [0.25, 0.3) is 0 Å². The van der Waals surface area contributed by atoms with Crippen molar-refractivity contribution in [3.63, 3.8) is 0 Å². The van der Waals surface area contributed by atoms with Crippen molar-refractivity contribution in [1.29, 1.82) is 0 Å². The van der Waals surface area contributed by atoms with Crippen LogP contribution in [0, 0.1) is 0 Å². The van der Waals surface area contributed by atoms with Crippen LogP contribution >= 0.6 is 0 Å². The third kappa shape index (κ3) is 6.95. The van der Waals surface area contributed by atoms with Gasteiger partial charge in [-0.2, -0.15) is 0 Å². The highest BCUT2D eigenvalue weighted by molar-refractivity contribution is 5.92. The Kier molecular flexibility index (Phi) is 8.07. The van der Waals surface area contributed by atoms with Crippen LogP contribution in [0.15, 0.2) is 79.1 Å². The molecular weight excluding hydrogens is 464 g/mol. The maximum Gasteiger partial charge on any atom is 0.319 e. The highest BCUT2D eigenvalue weighted by Gasteiger charge is 2.11. The van der Waals surface area contributed by atoms with Crippen LogP contribution in [0.5, 0.6) is 5.75 Å². The highest BCUT2D eigenvalue weighted by Crippen LogP contribution is 2.27. The van der Waals surface area contributed by atoms with Crippen molar-refractivity contribution in [2.45, 2.75) is 25.8 Å². The molecule has 2 heterocycles. The van der Waals surface area contributed by atoms with Gasteiger partial charge in [-0.3, -0.25) is 0 Å². The Bertz CT molecular complexity index is 1310. The molecule has 3 N–H and O–H groups in total. The van der Waals surface area contributed by atoms with Crippen molar-refractivity contribution in [3.8, 4) is 5.75 Å². The van der Waals surface area contributed by atoms with E-state index in [9.17, 15) is 4.79 Å². The monoisotopic (exact) mass is 496 g/mol. The van der Waals surface area contributed by atoms with E-state index in [0.29, 0.717) is 24.7 Å². The van der Waals surface area contributed by atoms with Crippen LogP contribution in [0.25, 0.3) is 10.9 Å². The number of aromatic nitrogens is 2. The quantitative estimate of drug-likeness (QED) is 0.249. The topological polar surface area (TPSA) is 91.4 Å². The second-order valence-electron chi connectivity index (χ2n) is 9.15. The first kappa shape index (κ1) is 24.5. The Balaban J connectivity index is 1.14. The summed E-state index contributed by atoms with van der Waals surface area (Å²) in [6.45, 7) is 4.69. The summed E-state index contributed by atoms with van der Waals surface area (Å²) in [4.78, 5) is 23.6. The van der Waals surface area contributed by atoms with Gasteiger partial charge in [0.1, 0.15) is 17.9 Å². The molecule has 0 spiro atoms. The summed E-state index contributed by atoms with van der Waals surface area (Å²) in [7, 11) is 0. The van der Waals surface area contributed by atoms with Gasteiger partial charge in [0.2, 0.25) is 0 Å². The molecule has 8 heteroatoms. The van der Waals surface area contributed by atoms with E-state index in [4.69, 9.17) is 4.74 Å². The number of nitrogens with zero attached hydrogens (tertiary/aromatic N) is 3. The van der Waals surface area contributed by atoms with E-state index in [-0.39, 0.29) is 6.03 Å². The number of urea groups is 1. The van der Waals surface area contributed by atoms with Gasteiger partial charge in [-0.25, -0.2) is 14.8 Å². The first-order chi connectivity index (χ1) is 18.2. The molecule has 5 rings (SSSR count). The molecule has 8 nitrogen and oxygen atoms in total. The summed E-state index contributed by atoms with van der Waals surface area (Å²) in [5.74, 6) is 1.53. The molecule has 1 aliphatic heterocycles. The molecule has 2 amide bonds. The Hall–Kier alpha value is -4.17. The molecular formula is C29H32N6O2. The number of carbonyl (C=O) groups is 1. The fourth-order valence-electron chi connectivity index (χ4n) is 4.44. The van der Waals surface area contributed by atoms with Gasteiger partial charge in [0.15, 0.2) is 0 Å². The van der Waals surface area contributed by atoms with E-state index in [1.54, 1.807) is 6.33 Å². The first-order valence-electron chi connectivity index (χ1n) is 12.8. The van der Waals surface area contributed by atoms with Crippen molar-refractivity contribution < 1.29 is 9.53 Å². The zero-order valence-corrected chi connectivity index (χ0v) is 20.8. The van der Waals surface area contributed by atoms with E-state index in [1.165, 1.54) is 25.9 Å². The standard InChI is InChI=1S/C29H32N6O2/c36-29(30-20-22-7-2-1-3-8-22)34-24-11-9-23(10-12-24)33-28-26-14-13-25(19-27(26)31-21-32-28)37-18-6-17-35-15-4-5-16-35/h1-3,7-14,19,21H,4-6,15-18,20H2,(H2,30,34,36)(H,31,32,33). The summed E-state index contributed by atoms with van der Waals surface area (Å²) in [5, 5.41) is 9.98. The number of amides is 2. The minimum atomic E-state index is -0.250. The van der Waals surface area contributed by atoms with Crippen LogP contribution in [0.2, 0.25) is 0 Å². The van der Waals surface area contributed by atoms with Gasteiger partial charge >= 0.3 is 6.03 Å². The predicted octanol–water partition coefficient (Wildman–Crippen LogP) is 5.56. The van der Waals surface area contributed by atoms with Crippen LogP contribution in [0.4, 0.5) is 22.0 Å². The van der Waals surface area contributed by atoms with Crippen molar-refractivity contribution in [2.75, 3.05) is 36.9 Å². The van der Waals surface area contributed by atoms with E-state index in [1.807, 2.05) is 72.8 Å². The fourth-order valence-corrected chi connectivity index (χ4v) is 4.44. The number of rotatable bonds is 10. The van der Waals surface area contributed by atoms with Gasteiger partial charge in [0, 0.05) is 35.9 Å². The van der Waals surface area contributed by atoms with Crippen molar-refractivity contribution in [1.82, 2.24) is 20.2 Å². The van der Waals surface area contributed by atoms with Crippen LogP contribution in [-0.2, 0) is 6.54 Å². The third-order valence-electron chi connectivity index (χ3n) is 6.40. The Morgan fingerprint density at radius 1 is 0.919 bits per heavy atom. The average molecular weight is 497 g/mol. The zero-order chi connectivity index (χ0) is 25.3. The number of benzene rings is 3. The van der Waals surface area contributed by atoms with Crippen molar-refractivity contribution >= 4 is 34.1 Å². The van der Waals surface area contributed by atoms with Crippen LogP contribution in [0.1, 0.15) is 24.8 Å². The smallest absolute Gasteiger partial charge is 0.319 e. The van der Waals surface area contributed by atoms with Gasteiger partial charge in [-0.1, -0.05) is 30.3 Å². The lowest BCUT2D eigenvalue weighted by Gasteiger charge is -2.14. The van der Waals surface area contributed by atoms with Crippen molar-refractivity contribution in [2.24, 2.45) is 0 Å². The molecule has 1 aromatic heterocycles. The Labute approximate surface area is 217 Å². The molecule has 4 aromatic rings. The first-order valence-corrected chi connectivity index (χ1v) is 12.8. The van der Waals surface area contributed by atoms with Gasteiger partial charge in [-0.05, 0) is 74.3 Å². The summed E-state index contributed by atoms with van der Waals surface area (Å²) in [6, 6.07) is 23.0. The van der Waals surface area contributed by atoms with Crippen LogP contribution in [-0.4, -0.2) is 47.1 Å². The lowest BCUT2D eigenvalue weighted by molar-refractivity contribution is 0.251. The normalized spacial score (nSPS) is 13.4. The van der Waals surface area contributed by atoms with Gasteiger partial charge in [-0.15, -0.1) is 0 Å². The van der Waals surface area contributed by atoms with Gasteiger partial charge < -0.3 is 25.6 Å². The van der Waals surface area contributed by atoms with Gasteiger partial charge in [0.05, 0.1) is 12.1 Å². The maximum absolute atomic E-state index is 12.2. The van der Waals surface area contributed by atoms with Crippen LogP contribution in [0.3, 0.4) is 0 Å². The number of carbonyl (C=O) groups excluding carboxylic acids is 1. The summed E-state index contributed by atoms with van der Waals surface area (Å²) < 4.78 is 5.97. The number of hydrogen-bond acceptors (Lipinski definition) is 6. The minimum absolute atomic E-state index is 0.250. The summed E-state index contributed by atoms with van der Waals surface area (Å²) in [5.41, 5.74) is 3.43. The molecule has 190 valence electrons. The SMILES string of the molecule is O=C(NCc1ccccc1)Nc1ccc(Nc2ncnc3cc(OCCCN4CCCC4)ccc23)cc1. The average Bonchev–Trinajstić information content (AvgIpc) is 3.45. The molecule has 3 aromatic carbocycles. The lowest BCUT2D eigenvalue weighted by atomic mass is 10.2. The van der Waals surface area contributed by atoms with Crippen LogP contribution < -0.4 is 20.7 Å². The van der Waals surface area contributed by atoms with E-state index in [2.05, 4.69) is 30.8 Å². The Morgan fingerprint density at radius 3 is 2.51 bits per heavy atom. The molecule has 0 bridgehead atoms. The molecule has 0 saturated carbocycles. The number of nitrogens with one attached hydrogen (secondary N) is 3. The molecule has 1 saturated heterocycles. The molecule has 1 fully saturated rings. The number of anilines is 3. The highest BCUT2D eigenvalue weighted by atomic mass is 16.5. The molecule has 0 unspecified atom stereocenters. The van der Waals surface area contributed by atoms with Crippen molar-refractivity contribution in [3.05, 3.63) is 84.7 Å². The molecule has 0 aliphatic carbocycles. The number of fused-ring (bicyclic) bond motifs is 1. The predicted molar refractivity (Wildman–Crippen MR) is 147 cm³/mol. The summed E-state index contributed by atoms with van der Waals surface area (Å²) in [6.07, 6.45) is 5.20. The summed E-state index contributed by atoms with van der Waals surface area (Å²) >= 11 is 0. The Morgan fingerprint density at radius 2 is 1.70 bits per heavy atom. The number of likely N-dealkylation sites (tertiary alicyclic amines) is 1. The molecule has 0 radical (unpaired) electrons. The van der Waals surface area contributed by atoms with E-state index < -0.39 is 0 Å². The maximum atomic E-state index is 12.2. The minimum Gasteiger partial charge on any atom is -0.493 e. The second kappa shape index (κ2) is 12.2. The fraction of sp³-hybridized carbons (Fsp3) is 0.276. The number of ether oxygens (including phenoxy) is 1. The molecule has 1 aliphatic rings. The number of hydrogen-bond donors (Lipinski definition) is 3. The third-order valence-corrected chi connectivity index (χ3v) is 6.40. The van der Waals surface area contributed by atoms with E-state index >= 15 is 0 Å². The molecule has 37 heavy (non-hydrogen) atoms. The van der Waals surface area contributed by atoms with E-state index in [0.717, 1.165) is 40.9 Å². The zero-order valence-electron chi connectivity index (χ0n) is 20.8. The lowest BCUT2D eigenvalue weighted by Crippen LogP contribution is -2.28.